The molecule has 0 saturated heterocycles. The number of benzene rings is 10. The number of fused-ring (bicyclic) bond motifs is 5. The van der Waals surface area contributed by atoms with Crippen LogP contribution in [0, 0.1) is 0 Å². The van der Waals surface area contributed by atoms with Gasteiger partial charge in [0.15, 0.2) is 0 Å². The zero-order valence-electron chi connectivity index (χ0n) is 29.2. The van der Waals surface area contributed by atoms with Gasteiger partial charge in [0.25, 0.3) is 0 Å². The van der Waals surface area contributed by atoms with Gasteiger partial charge in [-0.2, -0.15) is 0 Å². The molecule has 0 atom stereocenters. The summed E-state index contributed by atoms with van der Waals surface area (Å²) in [5, 5.41) is 20.5. The van der Waals surface area contributed by atoms with E-state index in [-0.39, 0.29) is 0 Å². The number of imidazole rings is 1. The second-order valence-corrected chi connectivity index (χ2v) is 14.4. The van der Waals surface area contributed by atoms with Crippen molar-refractivity contribution in [3.63, 3.8) is 0 Å². The second kappa shape index (κ2) is 10.6. The second-order valence-electron chi connectivity index (χ2n) is 14.4. The van der Waals surface area contributed by atoms with Crippen LogP contribution in [-0.2, 0) is 6.42 Å². The summed E-state index contributed by atoms with van der Waals surface area (Å²) in [7, 11) is 0. The number of aryl methyl sites for hydroxylation is 1. The third-order valence-corrected chi connectivity index (χ3v) is 11.8. The topological polar surface area (TPSA) is 17.8 Å². The van der Waals surface area contributed by atoms with Crippen LogP contribution in [0.5, 0.6) is 0 Å². The SMILES string of the molecule is CCc1nc2ccccc2n1-c1c2ccccc2c(-c2cc3cccc4c5cccc6ccc7cccc(c8cccc2c8c34)c7c65)c2ccccc12. The molecular formula is C51H32N2. The van der Waals surface area contributed by atoms with E-state index in [1.165, 1.54) is 103 Å². The normalized spacial score (nSPS) is 12.3. The smallest absolute Gasteiger partial charge is 0.114 e. The Bertz CT molecular complexity index is 3440. The molecule has 1 heterocycles. The van der Waals surface area contributed by atoms with Crippen LogP contribution in [0.3, 0.4) is 0 Å². The van der Waals surface area contributed by atoms with Gasteiger partial charge in [0.05, 0.1) is 16.7 Å². The van der Waals surface area contributed by atoms with Gasteiger partial charge in [-0.3, -0.25) is 4.57 Å². The Balaban J connectivity index is 1.32. The van der Waals surface area contributed by atoms with Crippen molar-refractivity contribution in [1.82, 2.24) is 9.55 Å². The van der Waals surface area contributed by atoms with Gasteiger partial charge in [-0.1, -0.05) is 153 Å². The molecule has 0 aliphatic rings. The third kappa shape index (κ3) is 3.80. The van der Waals surface area contributed by atoms with Gasteiger partial charge >= 0.3 is 0 Å². The van der Waals surface area contributed by atoms with E-state index < -0.39 is 0 Å². The van der Waals surface area contributed by atoms with Crippen LogP contribution >= 0.6 is 0 Å². The molecule has 0 N–H and O–H groups in total. The van der Waals surface area contributed by atoms with Crippen LogP contribution in [-0.4, -0.2) is 9.55 Å². The summed E-state index contributed by atoms with van der Waals surface area (Å²) in [6.07, 6.45) is 0.836. The minimum atomic E-state index is 0.836. The standard InChI is InChI=1S/C51H32N2/c1-2-45-52-43-25-7-8-26-44(43)53(45)51-40-18-5-3-16-37(40)49(38-17-4-6-19-41(38)51)42-29-32-15-11-22-34-33-20-9-13-30-27-28-31-14-10-21-35(47(31)46(30)33)36-23-12-24-39(42)50(36)48(32)34/h3-29H,2H2,1H3. The van der Waals surface area contributed by atoms with Crippen LogP contribution in [0.2, 0.25) is 0 Å². The van der Waals surface area contributed by atoms with E-state index in [0.717, 1.165) is 23.3 Å². The largest absolute Gasteiger partial charge is 0.295 e. The van der Waals surface area contributed by atoms with Gasteiger partial charge in [0, 0.05) is 17.2 Å². The Hall–Kier alpha value is -6.77. The molecule has 53 heavy (non-hydrogen) atoms. The van der Waals surface area contributed by atoms with Gasteiger partial charge in [-0.25, -0.2) is 4.98 Å². The van der Waals surface area contributed by atoms with E-state index in [4.69, 9.17) is 4.98 Å². The summed E-state index contributed by atoms with van der Waals surface area (Å²) in [5.74, 6) is 1.07. The molecule has 0 aliphatic carbocycles. The van der Waals surface area contributed by atoms with Crippen molar-refractivity contribution in [2.24, 2.45) is 0 Å². The van der Waals surface area contributed by atoms with Crippen LogP contribution in [0.15, 0.2) is 164 Å². The first kappa shape index (κ1) is 28.9. The molecule has 246 valence electrons. The molecule has 11 aromatic carbocycles. The van der Waals surface area contributed by atoms with Crippen molar-refractivity contribution in [2.75, 3.05) is 0 Å². The van der Waals surface area contributed by atoms with Crippen LogP contribution < -0.4 is 0 Å². The first-order valence-corrected chi connectivity index (χ1v) is 18.6. The molecule has 12 rings (SSSR count). The molecule has 0 saturated carbocycles. The molecular weight excluding hydrogens is 641 g/mol. The van der Waals surface area contributed by atoms with E-state index in [1.54, 1.807) is 0 Å². The van der Waals surface area contributed by atoms with E-state index in [9.17, 15) is 0 Å². The van der Waals surface area contributed by atoms with Crippen molar-refractivity contribution in [1.29, 1.82) is 0 Å². The molecule has 0 amide bonds. The Labute approximate surface area is 305 Å². The van der Waals surface area contributed by atoms with Gasteiger partial charge < -0.3 is 0 Å². The molecule has 0 aliphatic heterocycles. The van der Waals surface area contributed by atoms with E-state index in [0.29, 0.717) is 0 Å². The predicted octanol–water partition coefficient (Wildman–Crippen LogP) is 13.9. The number of hydrogen-bond acceptors (Lipinski definition) is 1. The Morgan fingerprint density at radius 2 is 0.887 bits per heavy atom. The highest BCUT2D eigenvalue weighted by molar-refractivity contribution is 6.38. The fraction of sp³-hybridized carbons (Fsp3) is 0.0392. The van der Waals surface area contributed by atoms with Crippen LogP contribution in [0.4, 0.5) is 0 Å². The summed E-state index contributed by atoms with van der Waals surface area (Å²) in [6, 6.07) is 61.1. The number of nitrogens with zero attached hydrogens (tertiary/aromatic N) is 2. The number of rotatable bonds is 3. The van der Waals surface area contributed by atoms with E-state index in [2.05, 4.69) is 175 Å². The maximum Gasteiger partial charge on any atom is 0.114 e. The predicted molar refractivity (Wildman–Crippen MR) is 227 cm³/mol. The highest BCUT2D eigenvalue weighted by Crippen LogP contribution is 2.49. The lowest BCUT2D eigenvalue weighted by Crippen LogP contribution is -2.03. The highest BCUT2D eigenvalue weighted by atomic mass is 15.1. The Kier molecular flexibility index (Phi) is 5.79. The lowest BCUT2D eigenvalue weighted by molar-refractivity contribution is 0.917. The van der Waals surface area contributed by atoms with Crippen molar-refractivity contribution in [2.45, 2.75) is 13.3 Å². The maximum absolute atomic E-state index is 5.13. The quantitative estimate of drug-likeness (QED) is 0.135. The fourth-order valence-electron chi connectivity index (χ4n) is 9.71. The third-order valence-electron chi connectivity index (χ3n) is 11.8. The van der Waals surface area contributed by atoms with Crippen LogP contribution in [0.25, 0.3) is 114 Å². The average Bonchev–Trinajstić information content (AvgIpc) is 3.59. The first-order chi connectivity index (χ1) is 26.3. The molecule has 0 spiro atoms. The summed E-state index contributed by atoms with van der Waals surface area (Å²) in [6.45, 7) is 2.21. The van der Waals surface area contributed by atoms with Crippen molar-refractivity contribution in [3.8, 4) is 16.8 Å². The monoisotopic (exact) mass is 672 g/mol. The Morgan fingerprint density at radius 1 is 0.415 bits per heavy atom. The molecule has 0 radical (unpaired) electrons. The van der Waals surface area contributed by atoms with Crippen molar-refractivity contribution < 1.29 is 0 Å². The summed E-state index contributed by atoms with van der Waals surface area (Å²) in [5.41, 5.74) is 5.90. The molecule has 0 bridgehead atoms. The van der Waals surface area contributed by atoms with E-state index >= 15 is 0 Å². The fourth-order valence-corrected chi connectivity index (χ4v) is 9.71. The number of aromatic nitrogens is 2. The van der Waals surface area contributed by atoms with Crippen molar-refractivity contribution >= 4 is 97.2 Å². The molecule has 2 heteroatoms. The number of hydrogen-bond donors (Lipinski definition) is 0. The number of para-hydroxylation sites is 2. The van der Waals surface area contributed by atoms with Crippen molar-refractivity contribution in [3.05, 3.63) is 170 Å². The minimum Gasteiger partial charge on any atom is -0.295 e. The highest BCUT2D eigenvalue weighted by Gasteiger charge is 2.23. The lowest BCUT2D eigenvalue weighted by atomic mass is 9.83. The minimum absolute atomic E-state index is 0.836. The molecule has 0 unspecified atom stereocenters. The first-order valence-electron chi connectivity index (χ1n) is 18.6. The van der Waals surface area contributed by atoms with Gasteiger partial charge in [-0.05, 0) is 105 Å². The Morgan fingerprint density at radius 3 is 1.51 bits per heavy atom. The molecule has 0 fully saturated rings. The van der Waals surface area contributed by atoms with Gasteiger partial charge in [0.1, 0.15) is 5.82 Å². The molecule has 12 aromatic rings. The average molecular weight is 673 g/mol. The molecule has 1 aromatic heterocycles. The van der Waals surface area contributed by atoms with Gasteiger partial charge in [0.2, 0.25) is 0 Å². The maximum atomic E-state index is 5.13. The summed E-state index contributed by atoms with van der Waals surface area (Å²) >= 11 is 0. The lowest BCUT2D eigenvalue weighted by Gasteiger charge is -2.22. The zero-order valence-corrected chi connectivity index (χ0v) is 29.2. The molecule has 2 nitrogen and oxygen atoms in total. The summed E-state index contributed by atoms with van der Waals surface area (Å²) in [4.78, 5) is 5.13. The van der Waals surface area contributed by atoms with Crippen LogP contribution in [0.1, 0.15) is 12.7 Å². The van der Waals surface area contributed by atoms with Gasteiger partial charge in [-0.15, -0.1) is 0 Å². The van der Waals surface area contributed by atoms with E-state index in [1.807, 2.05) is 0 Å². The summed E-state index contributed by atoms with van der Waals surface area (Å²) < 4.78 is 2.41. The zero-order chi connectivity index (χ0) is 34.8.